The highest BCUT2D eigenvalue weighted by atomic mass is 16.6. The topological polar surface area (TPSA) is 170 Å². The molecule has 0 aliphatic rings. The van der Waals surface area contributed by atoms with Crippen LogP contribution in [0.2, 0.25) is 0 Å². The lowest BCUT2D eigenvalue weighted by Crippen LogP contribution is -2.42. The van der Waals surface area contributed by atoms with E-state index in [-0.39, 0.29) is 19.4 Å². The van der Waals surface area contributed by atoms with Gasteiger partial charge in [-0.3, -0.25) is 9.59 Å². The van der Waals surface area contributed by atoms with Gasteiger partial charge < -0.3 is 26.3 Å². The fourth-order valence-corrected chi connectivity index (χ4v) is 1.47. The van der Waals surface area contributed by atoms with Crippen LogP contribution >= 0.6 is 0 Å². The number of aromatic nitrogens is 2. The van der Waals surface area contributed by atoms with Gasteiger partial charge in [0.2, 0.25) is 11.8 Å². The highest BCUT2D eigenvalue weighted by Gasteiger charge is 2.21. The molecule has 1 atom stereocenters. The molecule has 0 unspecified atom stereocenters. The van der Waals surface area contributed by atoms with Gasteiger partial charge in [0.05, 0.1) is 17.4 Å². The fraction of sp³-hybridized carbons (Fsp3) is 0.400. The van der Waals surface area contributed by atoms with Gasteiger partial charge in [-0.05, 0) is 11.3 Å². The molecule has 0 spiro atoms. The molecule has 2 amide bonds. The minimum absolute atomic E-state index is 0.143. The first-order valence-corrected chi connectivity index (χ1v) is 5.78. The van der Waals surface area contributed by atoms with Crippen LogP contribution in [0.4, 0.5) is 5.82 Å². The Morgan fingerprint density at radius 2 is 2.19 bits per heavy atom. The molecule has 4 N–H and O–H groups in total. The number of carbonyl (C=O) groups excluding carboxylic acids is 2. The van der Waals surface area contributed by atoms with E-state index >= 15 is 0 Å². The van der Waals surface area contributed by atoms with Crippen molar-refractivity contribution < 1.29 is 24.4 Å². The molecule has 11 nitrogen and oxygen atoms in total. The number of hydrogen-bond acceptors (Lipinski definition) is 6. The lowest BCUT2D eigenvalue weighted by atomic mass is 10.1. The summed E-state index contributed by atoms with van der Waals surface area (Å²) in [5.74, 6) is -3.12. The minimum Gasteiger partial charge on any atom is -0.480 e. The molecule has 1 aromatic rings. The van der Waals surface area contributed by atoms with Crippen molar-refractivity contribution in [3.05, 3.63) is 22.4 Å². The van der Waals surface area contributed by atoms with Crippen LogP contribution in [-0.2, 0) is 20.9 Å². The normalized spacial score (nSPS) is 11.6. The van der Waals surface area contributed by atoms with Crippen LogP contribution in [0.1, 0.15) is 12.8 Å². The predicted octanol–water partition coefficient (Wildman–Crippen LogP) is -1.37. The lowest BCUT2D eigenvalue weighted by molar-refractivity contribution is -0.389. The number of nitro groups is 1. The Morgan fingerprint density at radius 1 is 1.52 bits per heavy atom. The minimum atomic E-state index is -1.31. The Kier molecular flexibility index (Phi) is 5.34. The maximum atomic E-state index is 11.6. The molecule has 0 aliphatic heterocycles. The third-order valence-electron chi connectivity index (χ3n) is 2.43. The van der Waals surface area contributed by atoms with Gasteiger partial charge in [0.15, 0.2) is 0 Å². The number of nitrogens with zero attached hydrogens (tertiary/aromatic N) is 3. The summed E-state index contributed by atoms with van der Waals surface area (Å²) >= 11 is 0. The summed E-state index contributed by atoms with van der Waals surface area (Å²) in [4.78, 5) is 42.9. The zero-order valence-corrected chi connectivity index (χ0v) is 10.8. The Balaban J connectivity index is 2.58. The van der Waals surface area contributed by atoms with Gasteiger partial charge in [0.25, 0.3) is 0 Å². The molecule has 0 aliphatic carbocycles. The van der Waals surface area contributed by atoms with Crippen LogP contribution in [-0.4, -0.2) is 43.6 Å². The third-order valence-corrected chi connectivity index (χ3v) is 2.43. The van der Waals surface area contributed by atoms with Crippen molar-refractivity contribution in [3.63, 3.8) is 0 Å². The van der Waals surface area contributed by atoms with E-state index in [1.54, 1.807) is 0 Å². The number of carboxylic acid groups (broad SMARTS) is 1. The quantitative estimate of drug-likeness (QED) is 0.392. The van der Waals surface area contributed by atoms with E-state index < -0.39 is 34.6 Å². The number of primary amides is 1. The molecule has 0 bridgehead atoms. The second kappa shape index (κ2) is 6.98. The Bertz CT molecular complexity index is 568. The molecule has 114 valence electrons. The number of amides is 2. The van der Waals surface area contributed by atoms with Crippen LogP contribution in [0.15, 0.2) is 12.3 Å². The summed E-state index contributed by atoms with van der Waals surface area (Å²) in [5.41, 5.74) is 4.90. The average Bonchev–Trinajstić information content (AvgIpc) is 2.82. The SMILES string of the molecule is NC(=O)CC[C@@H](NC(=O)Cn1ccc([N+](=O)[O-])n1)C(=O)O. The summed E-state index contributed by atoms with van der Waals surface area (Å²) in [7, 11) is 0. The number of hydrogen-bond donors (Lipinski definition) is 3. The molecular weight excluding hydrogens is 286 g/mol. The van der Waals surface area contributed by atoms with E-state index in [1.807, 2.05) is 0 Å². The first kappa shape index (κ1) is 16.1. The van der Waals surface area contributed by atoms with E-state index in [0.717, 1.165) is 10.7 Å². The zero-order valence-electron chi connectivity index (χ0n) is 10.8. The molecule has 0 radical (unpaired) electrons. The average molecular weight is 299 g/mol. The highest BCUT2D eigenvalue weighted by molar-refractivity contribution is 5.84. The highest BCUT2D eigenvalue weighted by Crippen LogP contribution is 2.05. The van der Waals surface area contributed by atoms with E-state index in [1.165, 1.54) is 6.20 Å². The first-order chi connectivity index (χ1) is 9.79. The predicted molar refractivity (Wildman–Crippen MR) is 66.9 cm³/mol. The number of carbonyl (C=O) groups is 3. The Labute approximate surface area is 117 Å². The standard InChI is InChI=1S/C10H13N5O6/c11-7(16)2-1-6(10(18)19)12-9(17)5-14-4-3-8(13-14)15(20)21/h3-4,6H,1-2,5H2,(H2,11,16)(H,12,17)(H,18,19)/t6-/m1/s1. The van der Waals surface area contributed by atoms with Crippen LogP contribution in [0.3, 0.4) is 0 Å². The summed E-state index contributed by atoms with van der Waals surface area (Å²) < 4.78 is 1.00. The summed E-state index contributed by atoms with van der Waals surface area (Å²) in [6.07, 6.45) is 0.886. The summed E-state index contributed by atoms with van der Waals surface area (Å²) in [6, 6.07) is -0.162. The second-order valence-corrected chi connectivity index (χ2v) is 4.09. The third kappa shape index (κ3) is 5.26. The molecule has 0 saturated heterocycles. The molecule has 0 saturated carbocycles. The maximum absolute atomic E-state index is 11.6. The van der Waals surface area contributed by atoms with E-state index in [4.69, 9.17) is 10.8 Å². The lowest BCUT2D eigenvalue weighted by Gasteiger charge is -2.12. The molecule has 1 aromatic heterocycles. The molecule has 0 aromatic carbocycles. The largest absolute Gasteiger partial charge is 0.480 e. The van der Waals surface area contributed by atoms with Gasteiger partial charge in [-0.15, -0.1) is 0 Å². The second-order valence-electron chi connectivity index (χ2n) is 4.09. The van der Waals surface area contributed by atoms with Crippen LogP contribution in [0.5, 0.6) is 0 Å². The zero-order chi connectivity index (χ0) is 16.0. The molecule has 1 heterocycles. The van der Waals surface area contributed by atoms with Gasteiger partial charge in [-0.2, -0.15) is 4.68 Å². The van der Waals surface area contributed by atoms with Crippen molar-refractivity contribution in [2.75, 3.05) is 0 Å². The molecule has 21 heavy (non-hydrogen) atoms. The molecule has 0 fully saturated rings. The maximum Gasteiger partial charge on any atom is 0.389 e. The number of rotatable bonds is 8. The number of nitrogens with one attached hydrogen (secondary N) is 1. The van der Waals surface area contributed by atoms with Crippen molar-refractivity contribution in [2.45, 2.75) is 25.4 Å². The van der Waals surface area contributed by atoms with Crippen molar-refractivity contribution >= 4 is 23.6 Å². The van der Waals surface area contributed by atoms with Crippen molar-refractivity contribution in [2.24, 2.45) is 5.73 Å². The van der Waals surface area contributed by atoms with Crippen LogP contribution < -0.4 is 11.1 Å². The molecule has 1 rings (SSSR count). The van der Waals surface area contributed by atoms with Gasteiger partial charge >= 0.3 is 11.8 Å². The summed E-state index contributed by atoms with van der Waals surface area (Å²) in [6.45, 7) is -0.381. The molecule has 11 heteroatoms. The Morgan fingerprint density at radius 3 is 2.67 bits per heavy atom. The van der Waals surface area contributed by atoms with Gasteiger partial charge in [0.1, 0.15) is 12.6 Å². The van der Waals surface area contributed by atoms with Gasteiger partial charge in [-0.1, -0.05) is 0 Å². The monoisotopic (exact) mass is 299 g/mol. The number of carboxylic acids is 1. The van der Waals surface area contributed by atoms with Crippen molar-refractivity contribution in [3.8, 4) is 0 Å². The Hall–Kier alpha value is -2.98. The molecular formula is C10H13N5O6. The van der Waals surface area contributed by atoms with E-state index in [0.29, 0.717) is 0 Å². The van der Waals surface area contributed by atoms with Gasteiger partial charge in [-0.25, -0.2) is 4.79 Å². The summed E-state index contributed by atoms with van der Waals surface area (Å²) in [5, 5.41) is 25.0. The van der Waals surface area contributed by atoms with Crippen molar-refractivity contribution in [1.29, 1.82) is 0 Å². The first-order valence-electron chi connectivity index (χ1n) is 5.78. The van der Waals surface area contributed by atoms with E-state index in [9.17, 15) is 24.5 Å². The number of aliphatic carboxylic acids is 1. The van der Waals surface area contributed by atoms with Crippen molar-refractivity contribution in [1.82, 2.24) is 15.1 Å². The number of nitrogens with two attached hydrogens (primary N) is 1. The smallest absolute Gasteiger partial charge is 0.389 e. The van der Waals surface area contributed by atoms with Crippen LogP contribution in [0.25, 0.3) is 0 Å². The van der Waals surface area contributed by atoms with Gasteiger partial charge in [0, 0.05) is 6.42 Å². The van der Waals surface area contributed by atoms with E-state index in [2.05, 4.69) is 10.4 Å². The fourth-order valence-electron chi connectivity index (χ4n) is 1.47. The van der Waals surface area contributed by atoms with Crippen LogP contribution in [0, 0.1) is 10.1 Å².